The van der Waals surface area contributed by atoms with Gasteiger partial charge in [-0.25, -0.2) is 4.68 Å². The lowest BCUT2D eigenvalue weighted by atomic mass is 9.90. The molecule has 6 heteroatoms. The van der Waals surface area contributed by atoms with Crippen molar-refractivity contribution in [2.75, 3.05) is 13.1 Å². The Balaban J connectivity index is 1.88. The summed E-state index contributed by atoms with van der Waals surface area (Å²) in [5, 5.41) is 13.8. The van der Waals surface area contributed by atoms with Gasteiger partial charge in [0.2, 0.25) is 0 Å². The summed E-state index contributed by atoms with van der Waals surface area (Å²) in [5.74, 6) is -1.07. The molecule has 1 unspecified atom stereocenters. The normalized spacial score (nSPS) is 20.1. The number of nitrogens with zero attached hydrogens (tertiary/aromatic N) is 3. The van der Waals surface area contributed by atoms with Gasteiger partial charge < -0.3 is 10.0 Å². The van der Waals surface area contributed by atoms with E-state index in [0.29, 0.717) is 18.7 Å². The quantitative estimate of drug-likeness (QED) is 0.931. The van der Waals surface area contributed by atoms with Crippen LogP contribution in [0.15, 0.2) is 24.3 Å². The van der Waals surface area contributed by atoms with E-state index in [2.05, 4.69) is 11.2 Å². The number of hydrogen-bond acceptors (Lipinski definition) is 3. The van der Waals surface area contributed by atoms with Crippen molar-refractivity contribution in [2.45, 2.75) is 34.1 Å². The fourth-order valence-electron chi connectivity index (χ4n) is 3.38. The fourth-order valence-corrected chi connectivity index (χ4v) is 3.38. The van der Waals surface area contributed by atoms with E-state index in [0.717, 1.165) is 22.5 Å². The monoisotopic (exact) mass is 341 g/mol. The molecule has 1 amide bonds. The van der Waals surface area contributed by atoms with E-state index in [-0.39, 0.29) is 12.5 Å². The SMILES string of the molecule is Cc1cc(C)cc(-n2nc(C(=O)N3CCC(C)(C(=O)O)C3)cc2C)c1. The number of amides is 1. The number of aliphatic carboxylic acids is 1. The number of aromatic nitrogens is 2. The predicted octanol–water partition coefficient (Wildman–Crippen LogP) is 2.73. The summed E-state index contributed by atoms with van der Waals surface area (Å²) in [4.78, 5) is 25.7. The zero-order valence-electron chi connectivity index (χ0n) is 15.0. The van der Waals surface area contributed by atoms with E-state index in [4.69, 9.17) is 0 Å². The smallest absolute Gasteiger partial charge is 0.311 e. The Labute approximate surface area is 147 Å². The number of carbonyl (C=O) groups excluding carboxylic acids is 1. The summed E-state index contributed by atoms with van der Waals surface area (Å²) in [5.41, 5.74) is 3.54. The van der Waals surface area contributed by atoms with Crippen molar-refractivity contribution in [1.82, 2.24) is 14.7 Å². The molecule has 2 aromatic rings. The number of carboxylic acids is 1. The van der Waals surface area contributed by atoms with Gasteiger partial charge in [0, 0.05) is 18.8 Å². The Hall–Kier alpha value is -2.63. The molecule has 132 valence electrons. The van der Waals surface area contributed by atoms with Crippen molar-refractivity contribution in [3.05, 3.63) is 46.8 Å². The Kier molecular flexibility index (Phi) is 4.14. The highest BCUT2D eigenvalue weighted by molar-refractivity contribution is 5.93. The molecule has 0 aliphatic carbocycles. The van der Waals surface area contributed by atoms with Gasteiger partial charge in [-0.2, -0.15) is 5.10 Å². The molecule has 1 fully saturated rings. The number of aryl methyl sites for hydroxylation is 3. The third kappa shape index (κ3) is 3.16. The van der Waals surface area contributed by atoms with E-state index in [9.17, 15) is 14.7 Å². The molecule has 1 N–H and O–H groups in total. The zero-order valence-corrected chi connectivity index (χ0v) is 15.0. The Morgan fingerprint density at radius 3 is 2.32 bits per heavy atom. The Bertz CT molecular complexity index is 835. The molecule has 1 saturated heterocycles. The summed E-state index contributed by atoms with van der Waals surface area (Å²) < 4.78 is 1.76. The highest BCUT2D eigenvalue weighted by atomic mass is 16.4. The van der Waals surface area contributed by atoms with Crippen LogP contribution in [0.2, 0.25) is 0 Å². The first-order valence-electron chi connectivity index (χ1n) is 8.38. The van der Waals surface area contributed by atoms with Crippen molar-refractivity contribution in [3.63, 3.8) is 0 Å². The van der Waals surface area contributed by atoms with Crippen LogP contribution < -0.4 is 0 Å². The van der Waals surface area contributed by atoms with Gasteiger partial charge in [-0.3, -0.25) is 9.59 Å². The summed E-state index contributed by atoms with van der Waals surface area (Å²) >= 11 is 0. The van der Waals surface area contributed by atoms with Crippen LogP contribution in [0.1, 0.15) is 40.7 Å². The largest absolute Gasteiger partial charge is 0.481 e. The number of carbonyl (C=O) groups is 2. The second-order valence-corrected chi connectivity index (χ2v) is 7.27. The molecule has 2 heterocycles. The van der Waals surface area contributed by atoms with Crippen LogP contribution in [0, 0.1) is 26.2 Å². The van der Waals surface area contributed by atoms with Gasteiger partial charge in [0.05, 0.1) is 11.1 Å². The lowest BCUT2D eigenvalue weighted by molar-refractivity contribution is -0.147. The van der Waals surface area contributed by atoms with Crippen LogP contribution in [-0.4, -0.2) is 44.8 Å². The molecule has 1 aliphatic heterocycles. The van der Waals surface area contributed by atoms with Crippen molar-refractivity contribution in [2.24, 2.45) is 5.41 Å². The Morgan fingerprint density at radius 1 is 1.12 bits per heavy atom. The van der Waals surface area contributed by atoms with Gasteiger partial charge in [-0.05, 0) is 63.4 Å². The molecule has 1 aromatic carbocycles. The van der Waals surface area contributed by atoms with Gasteiger partial charge in [0.15, 0.2) is 5.69 Å². The summed E-state index contributed by atoms with van der Waals surface area (Å²) in [6.07, 6.45) is 0.463. The number of carboxylic acid groups (broad SMARTS) is 1. The van der Waals surface area contributed by atoms with Crippen LogP contribution in [0.25, 0.3) is 5.69 Å². The lowest BCUT2D eigenvalue weighted by Crippen LogP contribution is -2.35. The molecular weight excluding hydrogens is 318 g/mol. The minimum atomic E-state index is -0.874. The minimum Gasteiger partial charge on any atom is -0.481 e. The maximum atomic E-state index is 12.7. The molecule has 1 atom stereocenters. The van der Waals surface area contributed by atoms with Crippen LogP contribution in [-0.2, 0) is 4.79 Å². The van der Waals surface area contributed by atoms with Gasteiger partial charge in [-0.15, -0.1) is 0 Å². The predicted molar refractivity (Wildman–Crippen MR) is 94.0 cm³/mol. The lowest BCUT2D eigenvalue weighted by Gasteiger charge is -2.19. The molecule has 0 saturated carbocycles. The van der Waals surface area contributed by atoms with Crippen molar-refractivity contribution >= 4 is 11.9 Å². The van der Waals surface area contributed by atoms with Gasteiger partial charge in [0.25, 0.3) is 5.91 Å². The van der Waals surface area contributed by atoms with Crippen LogP contribution in [0.4, 0.5) is 0 Å². The van der Waals surface area contributed by atoms with Crippen LogP contribution in [0.3, 0.4) is 0 Å². The molecule has 6 nitrogen and oxygen atoms in total. The summed E-state index contributed by atoms with van der Waals surface area (Å²) in [7, 11) is 0. The minimum absolute atomic E-state index is 0.212. The first-order chi connectivity index (χ1) is 11.7. The summed E-state index contributed by atoms with van der Waals surface area (Å²) in [6.45, 7) is 8.30. The van der Waals surface area contributed by atoms with E-state index in [1.165, 1.54) is 0 Å². The topological polar surface area (TPSA) is 75.4 Å². The second-order valence-electron chi connectivity index (χ2n) is 7.27. The standard InChI is InChI=1S/C19H23N3O3/c1-12-7-13(2)9-15(8-12)22-14(3)10-16(20-22)17(23)21-6-5-19(4,11-21)18(24)25/h7-10H,5-6,11H2,1-4H3,(H,24,25). The maximum Gasteiger partial charge on any atom is 0.311 e. The number of rotatable bonds is 3. The number of hydrogen-bond donors (Lipinski definition) is 1. The average molecular weight is 341 g/mol. The number of likely N-dealkylation sites (tertiary alicyclic amines) is 1. The first kappa shape index (κ1) is 17.2. The third-order valence-corrected chi connectivity index (χ3v) is 4.83. The number of benzene rings is 1. The molecule has 0 spiro atoms. The fraction of sp³-hybridized carbons (Fsp3) is 0.421. The molecule has 0 radical (unpaired) electrons. The van der Waals surface area contributed by atoms with Crippen LogP contribution >= 0.6 is 0 Å². The molecule has 3 rings (SSSR count). The molecule has 25 heavy (non-hydrogen) atoms. The third-order valence-electron chi connectivity index (χ3n) is 4.83. The molecule has 0 bridgehead atoms. The van der Waals surface area contributed by atoms with E-state index < -0.39 is 11.4 Å². The highest BCUT2D eigenvalue weighted by Crippen LogP contribution is 2.31. The van der Waals surface area contributed by atoms with Crippen molar-refractivity contribution in [3.8, 4) is 5.69 Å². The van der Waals surface area contributed by atoms with Gasteiger partial charge >= 0.3 is 5.97 Å². The van der Waals surface area contributed by atoms with E-state index in [1.54, 1.807) is 22.6 Å². The van der Waals surface area contributed by atoms with Gasteiger partial charge in [-0.1, -0.05) is 6.07 Å². The molecule has 1 aromatic heterocycles. The van der Waals surface area contributed by atoms with Gasteiger partial charge in [0.1, 0.15) is 0 Å². The van der Waals surface area contributed by atoms with Crippen LogP contribution in [0.5, 0.6) is 0 Å². The Morgan fingerprint density at radius 2 is 1.76 bits per heavy atom. The molecular formula is C19H23N3O3. The van der Waals surface area contributed by atoms with Crippen molar-refractivity contribution < 1.29 is 14.7 Å². The second kappa shape index (κ2) is 6.02. The maximum absolute atomic E-state index is 12.7. The molecule has 1 aliphatic rings. The summed E-state index contributed by atoms with van der Waals surface area (Å²) in [6, 6.07) is 7.90. The first-order valence-corrected chi connectivity index (χ1v) is 8.38. The van der Waals surface area contributed by atoms with E-state index in [1.807, 2.05) is 32.9 Å². The average Bonchev–Trinajstić information content (AvgIpc) is 3.10. The highest BCUT2D eigenvalue weighted by Gasteiger charge is 2.42. The zero-order chi connectivity index (χ0) is 18.4. The van der Waals surface area contributed by atoms with E-state index >= 15 is 0 Å². The van der Waals surface area contributed by atoms with Crippen molar-refractivity contribution in [1.29, 1.82) is 0 Å².